The van der Waals surface area contributed by atoms with Gasteiger partial charge in [-0.15, -0.1) is 0 Å². The van der Waals surface area contributed by atoms with Gasteiger partial charge in [0, 0.05) is 18.3 Å². The fraction of sp³-hybridized carbons (Fsp3) is 0.950. The maximum Gasteiger partial charge on any atom is 0.0801 e. The Labute approximate surface area is 144 Å². The Morgan fingerprint density at radius 3 is 1.87 bits per heavy atom. The van der Waals surface area contributed by atoms with E-state index in [2.05, 4.69) is 13.8 Å². The summed E-state index contributed by atoms with van der Waals surface area (Å²) in [7, 11) is 0. The maximum atomic E-state index is 8.89. The van der Waals surface area contributed by atoms with E-state index in [0.29, 0.717) is 0 Å². The largest absolute Gasteiger partial charge is 0.550 e. The van der Waals surface area contributed by atoms with Gasteiger partial charge in [0.15, 0.2) is 0 Å². The molecule has 0 spiro atoms. The van der Waals surface area contributed by atoms with Gasteiger partial charge in [0.25, 0.3) is 0 Å². The molecule has 23 heavy (non-hydrogen) atoms. The smallest absolute Gasteiger partial charge is 0.0801 e. The molecule has 1 heterocycles. The number of carboxylic acids is 1. The van der Waals surface area contributed by atoms with E-state index in [0.717, 1.165) is 12.8 Å². The van der Waals surface area contributed by atoms with Gasteiger partial charge in [-0.25, -0.2) is 0 Å². The molecule has 0 aromatic heterocycles. The molecule has 0 radical (unpaired) electrons. The molecule has 1 saturated heterocycles. The first-order valence-corrected chi connectivity index (χ1v) is 10.1. The average Bonchev–Trinajstić information content (AvgIpc) is 2.96. The summed E-state index contributed by atoms with van der Waals surface area (Å²) in [5.41, 5.74) is 0. The Kier molecular flexibility index (Phi) is 15.9. The summed E-state index contributed by atoms with van der Waals surface area (Å²) in [5, 5.41) is 8.89. The number of rotatable bonds is 12. The first-order valence-electron chi connectivity index (χ1n) is 10.1. The minimum absolute atomic E-state index is 0.972. The molecule has 2 atom stereocenters. The number of carboxylic acid groups (broad SMARTS) is 1. The van der Waals surface area contributed by atoms with Crippen LogP contribution in [-0.2, 0) is 4.79 Å². The molecule has 0 aliphatic carbocycles. The first kappa shape index (κ1) is 22.4. The van der Waals surface area contributed by atoms with Gasteiger partial charge < -0.3 is 14.8 Å². The molecule has 3 heteroatoms. The molecule has 0 amide bonds. The molecule has 0 bridgehead atoms. The molecule has 1 aliphatic heterocycles. The van der Waals surface area contributed by atoms with E-state index in [-0.39, 0.29) is 0 Å². The molecule has 1 N–H and O–H groups in total. The van der Waals surface area contributed by atoms with Crippen LogP contribution >= 0.6 is 0 Å². The number of carbonyl (C=O) groups is 1. The Morgan fingerprint density at radius 1 is 0.957 bits per heavy atom. The molecule has 138 valence electrons. The van der Waals surface area contributed by atoms with Gasteiger partial charge in [-0.3, -0.25) is 0 Å². The van der Waals surface area contributed by atoms with Crippen LogP contribution in [0.3, 0.4) is 0 Å². The summed E-state index contributed by atoms with van der Waals surface area (Å²) in [6, 6.07) is 0. The zero-order valence-corrected chi connectivity index (χ0v) is 16.0. The van der Waals surface area contributed by atoms with Gasteiger partial charge in [-0.1, -0.05) is 65.2 Å². The van der Waals surface area contributed by atoms with Crippen molar-refractivity contribution < 1.29 is 14.8 Å². The molecule has 1 fully saturated rings. The van der Waals surface area contributed by atoms with Crippen molar-refractivity contribution in [3.63, 3.8) is 0 Å². The highest BCUT2D eigenvalue weighted by molar-refractivity contribution is 5.60. The third kappa shape index (κ3) is 16.1. The number of quaternary nitrogens is 1. The van der Waals surface area contributed by atoms with Crippen LogP contribution in [0.1, 0.15) is 97.8 Å². The van der Waals surface area contributed by atoms with Crippen LogP contribution in [0, 0.1) is 5.92 Å². The van der Waals surface area contributed by atoms with Gasteiger partial charge in [-0.05, 0) is 26.2 Å². The van der Waals surface area contributed by atoms with Crippen molar-refractivity contribution in [1.29, 1.82) is 0 Å². The topological polar surface area (TPSA) is 44.6 Å². The summed E-state index contributed by atoms with van der Waals surface area (Å²) in [6.07, 6.45) is 17.5. The number of hydrogen-bond acceptors (Lipinski definition) is 2. The highest BCUT2D eigenvalue weighted by Gasteiger charge is 2.23. The summed E-state index contributed by atoms with van der Waals surface area (Å²) in [6.45, 7) is 10.00. The van der Waals surface area contributed by atoms with Crippen molar-refractivity contribution in [1.82, 2.24) is 0 Å². The van der Waals surface area contributed by atoms with Crippen LogP contribution < -0.4 is 10.0 Å². The summed E-state index contributed by atoms with van der Waals surface area (Å²) in [5.74, 6) is -0.0434. The number of aliphatic carboxylic acids is 1. The minimum Gasteiger partial charge on any atom is -0.550 e. The third-order valence-corrected chi connectivity index (χ3v) is 4.94. The second kappa shape index (κ2) is 16.3. The highest BCUT2D eigenvalue weighted by atomic mass is 16.4. The number of unbranched alkanes of at least 4 members (excludes halogenated alkanes) is 9. The van der Waals surface area contributed by atoms with Crippen molar-refractivity contribution in [3.8, 4) is 0 Å². The van der Waals surface area contributed by atoms with Gasteiger partial charge in [0.05, 0.1) is 19.6 Å². The molecule has 0 aromatic rings. The Balaban J connectivity index is 0.00000108. The van der Waals surface area contributed by atoms with Crippen LogP contribution in [0.25, 0.3) is 0 Å². The Morgan fingerprint density at radius 2 is 1.43 bits per heavy atom. The summed E-state index contributed by atoms with van der Waals surface area (Å²) < 4.78 is 0. The minimum atomic E-state index is -1.08. The quantitative estimate of drug-likeness (QED) is 0.560. The van der Waals surface area contributed by atoms with Crippen LogP contribution in [0.2, 0.25) is 0 Å². The van der Waals surface area contributed by atoms with Crippen molar-refractivity contribution >= 4 is 5.97 Å². The molecular formula is C20H41NO2. The van der Waals surface area contributed by atoms with E-state index < -0.39 is 5.97 Å². The fourth-order valence-electron chi connectivity index (χ4n) is 3.46. The van der Waals surface area contributed by atoms with Crippen LogP contribution in [0.5, 0.6) is 0 Å². The van der Waals surface area contributed by atoms with Crippen molar-refractivity contribution in [3.05, 3.63) is 0 Å². The second-order valence-corrected chi connectivity index (χ2v) is 7.19. The van der Waals surface area contributed by atoms with Gasteiger partial charge in [0.1, 0.15) is 0 Å². The van der Waals surface area contributed by atoms with E-state index in [9.17, 15) is 0 Å². The van der Waals surface area contributed by atoms with Crippen molar-refractivity contribution in [2.45, 2.75) is 97.8 Å². The van der Waals surface area contributed by atoms with E-state index in [4.69, 9.17) is 9.90 Å². The molecular weight excluding hydrogens is 286 g/mol. The van der Waals surface area contributed by atoms with Gasteiger partial charge in [0.2, 0.25) is 0 Å². The molecule has 1 aliphatic rings. The van der Waals surface area contributed by atoms with Crippen molar-refractivity contribution in [2.24, 2.45) is 5.92 Å². The number of likely N-dealkylation sites (tertiary alicyclic amines) is 1. The normalized spacial score (nSPS) is 20.1. The zero-order valence-electron chi connectivity index (χ0n) is 16.0. The van der Waals surface area contributed by atoms with Gasteiger partial charge >= 0.3 is 0 Å². The SMILES string of the molecule is CC(=O)[O-].CCCCCCCCCCCC[NH+]1CCC(CC)C1. The van der Waals surface area contributed by atoms with E-state index in [1.54, 1.807) is 0 Å². The lowest BCUT2D eigenvalue weighted by molar-refractivity contribution is -0.889. The Bertz CT molecular complexity index is 264. The van der Waals surface area contributed by atoms with Gasteiger partial charge in [-0.2, -0.15) is 0 Å². The van der Waals surface area contributed by atoms with E-state index in [1.165, 1.54) is 96.7 Å². The van der Waals surface area contributed by atoms with E-state index in [1.807, 2.05) is 4.90 Å². The zero-order chi connectivity index (χ0) is 17.3. The lowest BCUT2D eigenvalue weighted by atomic mass is 10.1. The van der Waals surface area contributed by atoms with E-state index >= 15 is 0 Å². The van der Waals surface area contributed by atoms with Crippen LogP contribution in [0.4, 0.5) is 0 Å². The molecule has 3 nitrogen and oxygen atoms in total. The summed E-state index contributed by atoms with van der Waals surface area (Å²) >= 11 is 0. The molecule has 2 unspecified atom stereocenters. The standard InChI is InChI=1S/C18H37N.C2H4O2/c1-3-5-6-7-8-9-10-11-12-13-15-19-16-14-18(4-2)17-19;1-2(3)4/h18H,3-17H2,1-2H3;1H3,(H,3,4). The molecule has 0 aromatic carbocycles. The number of hydrogen-bond donors (Lipinski definition) is 1. The van der Waals surface area contributed by atoms with Crippen LogP contribution in [0.15, 0.2) is 0 Å². The third-order valence-electron chi connectivity index (χ3n) is 4.94. The van der Waals surface area contributed by atoms with Crippen LogP contribution in [-0.4, -0.2) is 25.6 Å². The Hall–Kier alpha value is -0.570. The van der Waals surface area contributed by atoms with Crippen molar-refractivity contribution in [2.75, 3.05) is 19.6 Å². The lowest BCUT2D eigenvalue weighted by Crippen LogP contribution is -3.10. The maximum absolute atomic E-state index is 8.89. The summed E-state index contributed by atoms with van der Waals surface area (Å²) in [4.78, 5) is 10.8. The predicted octanol–water partition coefficient (Wildman–Crippen LogP) is 2.98. The molecule has 0 saturated carbocycles. The average molecular weight is 328 g/mol. The second-order valence-electron chi connectivity index (χ2n) is 7.19. The fourth-order valence-corrected chi connectivity index (χ4v) is 3.46. The monoisotopic (exact) mass is 327 g/mol. The first-order chi connectivity index (χ1) is 11.1. The number of carbonyl (C=O) groups excluding carboxylic acids is 1. The highest BCUT2D eigenvalue weighted by Crippen LogP contribution is 2.11. The molecule has 1 rings (SSSR count). The predicted molar refractivity (Wildman–Crippen MR) is 96.5 cm³/mol. The number of nitrogens with one attached hydrogen (secondary N) is 1. The lowest BCUT2D eigenvalue weighted by Gasteiger charge is -2.12.